The first kappa shape index (κ1) is 12.6. The van der Waals surface area contributed by atoms with Crippen LogP contribution in [0.1, 0.15) is 27.2 Å². The van der Waals surface area contributed by atoms with Gasteiger partial charge in [0.25, 0.3) is 0 Å². The molecule has 1 aliphatic rings. The van der Waals surface area contributed by atoms with E-state index in [9.17, 15) is 0 Å². The summed E-state index contributed by atoms with van der Waals surface area (Å²) in [7, 11) is -0.345. The molecule has 1 fully saturated rings. The molecule has 1 heterocycles. The van der Waals surface area contributed by atoms with Crippen molar-refractivity contribution in [3.8, 4) is 0 Å². The van der Waals surface area contributed by atoms with Gasteiger partial charge in [-0.15, -0.1) is 0 Å². The normalized spacial score (nSPS) is 27.4. The van der Waals surface area contributed by atoms with E-state index in [1.54, 1.807) is 0 Å². The van der Waals surface area contributed by atoms with Gasteiger partial charge in [-0.25, -0.2) is 0 Å². The average molecular weight is 234 g/mol. The van der Waals surface area contributed by atoms with Crippen molar-refractivity contribution in [3.63, 3.8) is 0 Å². The molecule has 0 radical (unpaired) electrons. The highest BCUT2D eigenvalue weighted by molar-refractivity contribution is 6.62. The lowest BCUT2D eigenvalue weighted by atomic mass is 9.79. The van der Waals surface area contributed by atoms with E-state index in [1.165, 1.54) is 0 Å². The van der Waals surface area contributed by atoms with Gasteiger partial charge in [0.05, 0.1) is 11.2 Å². The summed E-state index contributed by atoms with van der Waals surface area (Å²) in [5, 5.41) is 9.15. The molecule has 1 N–H and O–H groups in total. The highest BCUT2D eigenvalue weighted by Gasteiger charge is 2.53. The first-order chi connectivity index (χ1) is 7.98. The van der Waals surface area contributed by atoms with Gasteiger partial charge in [0.2, 0.25) is 0 Å². The zero-order valence-electron chi connectivity index (χ0n) is 10.6. The van der Waals surface area contributed by atoms with Crippen molar-refractivity contribution in [2.75, 3.05) is 6.61 Å². The van der Waals surface area contributed by atoms with Crippen molar-refractivity contribution in [1.82, 2.24) is 0 Å². The van der Waals surface area contributed by atoms with Gasteiger partial charge in [-0.2, -0.15) is 0 Å². The van der Waals surface area contributed by atoms with Crippen LogP contribution >= 0.6 is 0 Å². The smallest absolute Gasteiger partial charge is 0.399 e. The van der Waals surface area contributed by atoms with Crippen LogP contribution < -0.4 is 5.46 Å². The Labute approximate surface area is 103 Å². The fourth-order valence-corrected chi connectivity index (χ4v) is 2.11. The third-order valence-electron chi connectivity index (χ3n) is 3.70. The Morgan fingerprint density at radius 1 is 1.12 bits per heavy atom. The summed E-state index contributed by atoms with van der Waals surface area (Å²) >= 11 is 0. The quantitative estimate of drug-likeness (QED) is 0.802. The molecule has 1 unspecified atom stereocenters. The summed E-state index contributed by atoms with van der Waals surface area (Å²) in [6.07, 6.45) is 0.573. The molecule has 0 aromatic heterocycles. The fraction of sp³-hybridized carbons (Fsp3) is 0.538. The minimum atomic E-state index is -0.456. The minimum Gasteiger partial charge on any atom is -0.399 e. The Morgan fingerprint density at radius 2 is 1.76 bits per heavy atom. The zero-order valence-corrected chi connectivity index (χ0v) is 10.6. The van der Waals surface area contributed by atoms with Crippen molar-refractivity contribution in [3.05, 3.63) is 30.3 Å². The van der Waals surface area contributed by atoms with Crippen LogP contribution in [0.4, 0.5) is 0 Å². The molecule has 2 rings (SSSR count). The molecule has 0 amide bonds. The lowest BCUT2D eigenvalue weighted by Gasteiger charge is -2.35. The topological polar surface area (TPSA) is 38.7 Å². The molecule has 0 spiro atoms. The van der Waals surface area contributed by atoms with E-state index in [-0.39, 0.29) is 13.7 Å². The Hall–Kier alpha value is -0.835. The van der Waals surface area contributed by atoms with E-state index in [1.807, 2.05) is 51.1 Å². The van der Waals surface area contributed by atoms with Crippen LogP contribution in [0.5, 0.6) is 0 Å². The lowest BCUT2D eigenvalue weighted by molar-refractivity contribution is -0.0255. The molecular weight excluding hydrogens is 215 g/mol. The van der Waals surface area contributed by atoms with Gasteiger partial charge in [-0.05, 0) is 26.2 Å². The van der Waals surface area contributed by atoms with Crippen LogP contribution in [-0.4, -0.2) is 30.0 Å². The minimum absolute atomic E-state index is 0.102. The number of aliphatic hydroxyl groups is 1. The molecule has 92 valence electrons. The third kappa shape index (κ3) is 2.25. The van der Waals surface area contributed by atoms with Crippen LogP contribution in [0.25, 0.3) is 0 Å². The van der Waals surface area contributed by atoms with Crippen molar-refractivity contribution in [1.29, 1.82) is 0 Å². The van der Waals surface area contributed by atoms with Crippen LogP contribution in [-0.2, 0) is 9.31 Å². The van der Waals surface area contributed by atoms with E-state index < -0.39 is 11.2 Å². The summed E-state index contributed by atoms with van der Waals surface area (Å²) < 4.78 is 12.0. The molecular formula is C13H19BO3. The van der Waals surface area contributed by atoms with Crippen LogP contribution in [0.3, 0.4) is 0 Å². The Morgan fingerprint density at radius 3 is 2.35 bits per heavy atom. The fourth-order valence-electron chi connectivity index (χ4n) is 2.11. The second kappa shape index (κ2) is 4.44. The molecule has 1 aromatic rings. The molecule has 0 bridgehead atoms. The van der Waals surface area contributed by atoms with Gasteiger partial charge in [-0.3, -0.25) is 0 Å². The summed E-state index contributed by atoms with van der Waals surface area (Å²) in [5.74, 6) is 0. The van der Waals surface area contributed by atoms with Crippen LogP contribution in [0, 0.1) is 0 Å². The summed E-state index contributed by atoms with van der Waals surface area (Å²) in [5.41, 5.74) is 0.153. The maximum absolute atomic E-state index is 9.15. The predicted octanol–water partition coefficient (Wildman–Crippen LogP) is 1.35. The highest BCUT2D eigenvalue weighted by atomic mass is 16.7. The SMILES string of the molecule is CC1(C)OB(c2ccccc2)OC1(C)CCO. The molecule has 17 heavy (non-hydrogen) atoms. The molecule has 4 heteroatoms. The number of hydrogen-bond donors (Lipinski definition) is 1. The zero-order chi connectivity index (χ0) is 12.5. The summed E-state index contributed by atoms with van der Waals surface area (Å²) in [6, 6.07) is 9.89. The monoisotopic (exact) mass is 234 g/mol. The van der Waals surface area contributed by atoms with Crippen LogP contribution in [0.15, 0.2) is 30.3 Å². The molecule has 1 aromatic carbocycles. The van der Waals surface area contributed by atoms with Crippen molar-refractivity contribution in [2.45, 2.75) is 38.4 Å². The van der Waals surface area contributed by atoms with Gasteiger partial charge in [0, 0.05) is 13.0 Å². The maximum Gasteiger partial charge on any atom is 0.494 e. The van der Waals surface area contributed by atoms with Gasteiger partial charge in [0.1, 0.15) is 0 Å². The van der Waals surface area contributed by atoms with Crippen LogP contribution in [0.2, 0.25) is 0 Å². The Balaban J connectivity index is 2.22. The molecule has 0 aliphatic carbocycles. The molecule has 1 atom stereocenters. The summed E-state index contributed by atoms with van der Waals surface area (Å²) in [6.45, 7) is 6.11. The highest BCUT2D eigenvalue weighted by Crippen LogP contribution is 2.39. The van der Waals surface area contributed by atoms with E-state index >= 15 is 0 Å². The largest absolute Gasteiger partial charge is 0.494 e. The summed E-state index contributed by atoms with van der Waals surface area (Å²) in [4.78, 5) is 0. The van der Waals surface area contributed by atoms with E-state index in [4.69, 9.17) is 14.4 Å². The van der Waals surface area contributed by atoms with Gasteiger partial charge < -0.3 is 14.4 Å². The first-order valence-electron chi connectivity index (χ1n) is 6.00. The average Bonchev–Trinajstić information content (AvgIpc) is 2.52. The van der Waals surface area contributed by atoms with E-state index in [0.29, 0.717) is 6.42 Å². The molecule has 1 saturated heterocycles. The first-order valence-corrected chi connectivity index (χ1v) is 6.00. The van der Waals surface area contributed by atoms with Gasteiger partial charge in [0.15, 0.2) is 0 Å². The van der Waals surface area contributed by atoms with Crippen molar-refractivity contribution in [2.24, 2.45) is 0 Å². The molecule has 0 saturated carbocycles. The van der Waals surface area contributed by atoms with Gasteiger partial charge in [-0.1, -0.05) is 30.3 Å². The number of benzene rings is 1. The van der Waals surface area contributed by atoms with E-state index in [0.717, 1.165) is 5.46 Å². The molecule has 3 nitrogen and oxygen atoms in total. The second-order valence-electron chi connectivity index (χ2n) is 5.19. The number of aliphatic hydroxyl groups excluding tert-OH is 1. The van der Waals surface area contributed by atoms with Gasteiger partial charge >= 0.3 is 7.12 Å². The standard InChI is InChI=1S/C13H19BO3/c1-12(2)13(3,9-10-15)17-14(16-12)11-7-5-4-6-8-11/h4-8,15H,9-10H2,1-3H3. The van der Waals surface area contributed by atoms with E-state index in [2.05, 4.69) is 0 Å². The third-order valence-corrected chi connectivity index (χ3v) is 3.70. The predicted molar refractivity (Wildman–Crippen MR) is 68.2 cm³/mol. The second-order valence-corrected chi connectivity index (χ2v) is 5.19. The van der Waals surface area contributed by atoms with Crippen molar-refractivity contribution < 1.29 is 14.4 Å². The number of rotatable bonds is 3. The number of hydrogen-bond acceptors (Lipinski definition) is 3. The molecule has 1 aliphatic heterocycles. The van der Waals surface area contributed by atoms with Crippen molar-refractivity contribution >= 4 is 12.6 Å². The maximum atomic E-state index is 9.15. The lowest BCUT2D eigenvalue weighted by Crippen LogP contribution is -2.45. The Bertz CT molecular complexity index is 380. The Kier molecular flexibility index (Phi) is 3.30.